The lowest BCUT2D eigenvalue weighted by molar-refractivity contribution is 0.0854. The normalized spacial score (nSPS) is 19.9. The van der Waals surface area contributed by atoms with Crippen LogP contribution in [0, 0.1) is 11.1 Å². The summed E-state index contributed by atoms with van der Waals surface area (Å²) in [4.78, 5) is 28.8. The highest BCUT2D eigenvalue weighted by molar-refractivity contribution is 7.92. The topological polar surface area (TPSA) is 182 Å². The fourth-order valence-corrected chi connectivity index (χ4v) is 8.15. The number of sulfonamides is 1. The molecule has 0 bridgehead atoms. The van der Waals surface area contributed by atoms with Crippen molar-refractivity contribution in [2.24, 2.45) is 13.0 Å². The summed E-state index contributed by atoms with van der Waals surface area (Å²) in [5.74, 6) is 2.00. The monoisotopic (exact) mass is 785 g/mol. The molecule has 0 amide bonds. The molecule has 55 heavy (non-hydrogen) atoms. The molecule has 2 N–H and O–H groups in total. The van der Waals surface area contributed by atoms with Gasteiger partial charge in [0.25, 0.3) is 6.43 Å². The predicted molar refractivity (Wildman–Crippen MR) is 205 cm³/mol. The van der Waals surface area contributed by atoms with Gasteiger partial charge in [0.1, 0.15) is 5.82 Å². The highest BCUT2D eigenvalue weighted by atomic mass is 32.2. The van der Waals surface area contributed by atoms with Crippen LogP contribution in [0.5, 0.6) is 5.88 Å². The summed E-state index contributed by atoms with van der Waals surface area (Å²) in [5.41, 5.74) is 4.10. The second kappa shape index (κ2) is 17.0. The molecule has 298 valence electrons. The summed E-state index contributed by atoms with van der Waals surface area (Å²) in [6, 6.07) is 3.83. The number of anilines is 5. The van der Waals surface area contributed by atoms with Crippen LogP contribution in [0.2, 0.25) is 0 Å². The number of imidazole rings is 1. The van der Waals surface area contributed by atoms with Gasteiger partial charge in [-0.15, -0.1) is 0 Å². The SMILES string of the molecule is Cn1c(CN(c2cnc3cc(N4CCOCC4)nc(OCC4CCC(Nc5ncc(N6CCN(CC(F)F)CC6)cn5)CC4)c3c2)S(C)(=O)=O)cnc1N[O-]. The number of ether oxygens (including phenoxy) is 2. The summed E-state index contributed by atoms with van der Waals surface area (Å²) < 4.78 is 66.4. The maximum absolute atomic E-state index is 13.1. The van der Waals surface area contributed by atoms with Gasteiger partial charge in [-0.05, 0) is 37.7 Å². The maximum Gasteiger partial charge on any atom is 0.251 e. The Kier molecular flexibility index (Phi) is 11.9. The number of halogens is 2. The largest absolute Gasteiger partial charge is 0.759 e. The van der Waals surface area contributed by atoms with Crippen LogP contribution in [-0.2, 0) is 28.4 Å². The fourth-order valence-electron chi connectivity index (χ4n) is 7.30. The Morgan fingerprint density at radius 3 is 2.35 bits per heavy atom. The van der Waals surface area contributed by atoms with Gasteiger partial charge >= 0.3 is 0 Å². The third-order valence-corrected chi connectivity index (χ3v) is 11.7. The van der Waals surface area contributed by atoms with E-state index in [4.69, 9.17) is 14.5 Å². The van der Waals surface area contributed by atoms with Gasteiger partial charge in [-0.2, -0.15) is 4.98 Å². The van der Waals surface area contributed by atoms with E-state index < -0.39 is 16.4 Å². The van der Waals surface area contributed by atoms with Crippen molar-refractivity contribution in [3.05, 3.63) is 47.8 Å². The quantitative estimate of drug-likeness (QED) is 0.178. The molecule has 3 fully saturated rings. The van der Waals surface area contributed by atoms with Crippen molar-refractivity contribution >= 4 is 50.0 Å². The van der Waals surface area contributed by atoms with Crippen molar-refractivity contribution in [2.45, 2.75) is 44.7 Å². The maximum atomic E-state index is 13.1. The average Bonchev–Trinajstić information content (AvgIpc) is 3.55. The first-order valence-corrected chi connectivity index (χ1v) is 20.4. The van der Waals surface area contributed by atoms with Gasteiger partial charge < -0.3 is 39.8 Å². The van der Waals surface area contributed by atoms with Crippen molar-refractivity contribution in [3.63, 3.8) is 0 Å². The molecule has 0 spiro atoms. The van der Waals surface area contributed by atoms with Crippen LogP contribution in [0.15, 0.2) is 36.9 Å². The van der Waals surface area contributed by atoms with Crippen molar-refractivity contribution in [1.29, 1.82) is 0 Å². The van der Waals surface area contributed by atoms with Crippen molar-refractivity contribution in [3.8, 4) is 5.88 Å². The molecule has 0 aromatic carbocycles. The summed E-state index contributed by atoms with van der Waals surface area (Å²) >= 11 is 0. The van der Waals surface area contributed by atoms with Gasteiger partial charge in [0.2, 0.25) is 21.9 Å². The van der Waals surface area contributed by atoms with E-state index in [-0.39, 0.29) is 31.0 Å². The number of aromatic nitrogens is 6. The van der Waals surface area contributed by atoms with Gasteiger partial charge in [-0.3, -0.25) is 14.2 Å². The molecule has 2 saturated heterocycles. The number of hydrogen-bond acceptors (Lipinski definition) is 15. The molecule has 0 radical (unpaired) electrons. The Bertz CT molecular complexity index is 2000. The zero-order valence-corrected chi connectivity index (χ0v) is 31.8. The summed E-state index contributed by atoms with van der Waals surface area (Å²) in [6.45, 7) is 5.16. The van der Waals surface area contributed by atoms with Crippen molar-refractivity contribution in [2.75, 3.05) is 96.8 Å². The predicted octanol–water partition coefficient (Wildman–Crippen LogP) is 3.30. The van der Waals surface area contributed by atoms with E-state index in [0.717, 1.165) is 37.6 Å². The van der Waals surface area contributed by atoms with E-state index >= 15 is 0 Å². The number of fused-ring (bicyclic) bond motifs is 1. The van der Waals surface area contributed by atoms with Crippen LogP contribution < -0.4 is 29.6 Å². The number of nitrogens with one attached hydrogen (secondary N) is 2. The Hall–Kier alpha value is -4.66. The molecule has 3 aliphatic rings. The zero-order valence-electron chi connectivity index (χ0n) is 31.0. The smallest absolute Gasteiger partial charge is 0.251 e. The number of pyridine rings is 2. The van der Waals surface area contributed by atoms with Crippen molar-refractivity contribution < 1.29 is 26.7 Å². The zero-order chi connectivity index (χ0) is 38.5. The third kappa shape index (κ3) is 9.42. The first-order chi connectivity index (χ1) is 26.5. The molecule has 2 aliphatic heterocycles. The molecule has 17 nitrogen and oxygen atoms in total. The number of piperazine rings is 1. The standard InChI is InChI=1S/C35H47F2N12O5S/c1-45-28(20-41-35(45)44-50)21-49(55(2,51)52)26-15-29-30(38-17-26)16-32(48-11-13-53-14-12-48)43-33(29)54-23-24-3-5-25(6-4-24)42-34-39-18-27(19-40-34)47-9-7-46(8-10-47)22-31(36)37/h15-20,24-25,31H,3-14,21-23H2,1-2H3,(H2-,39,40,41,42,44,50)/q-1. The van der Waals surface area contributed by atoms with Crippen molar-refractivity contribution in [1.82, 2.24) is 34.4 Å². The molecule has 0 atom stereocenters. The minimum Gasteiger partial charge on any atom is -0.759 e. The van der Waals surface area contributed by atoms with E-state index in [0.29, 0.717) is 99.0 Å². The van der Waals surface area contributed by atoms with Crippen LogP contribution in [0.1, 0.15) is 31.4 Å². The minimum atomic E-state index is -3.78. The van der Waals surface area contributed by atoms with Gasteiger partial charge in [-0.25, -0.2) is 32.2 Å². The second-order valence-corrected chi connectivity index (χ2v) is 16.2. The van der Waals surface area contributed by atoms with E-state index in [2.05, 4.69) is 35.1 Å². The van der Waals surface area contributed by atoms with Crippen LogP contribution in [-0.4, -0.2) is 127 Å². The molecule has 1 aliphatic carbocycles. The molecule has 4 aromatic rings. The first kappa shape index (κ1) is 38.6. The Labute approximate surface area is 318 Å². The van der Waals surface area contributed by atoms with Crippen LogP contribution in [0.4, 0.5) is 37.9 Å². The molecule has 0 unspecified atom stereocenters. The molecular formula is C35H47F2N12O5S-. The number of morpholine rings is 1. The number of alkyl halides is 2. The molecule has 4 aromatic heterocycles. The van der Waals surface area contributed by atoms with Gasteiger partial charge in [-0.1, -0.05) is 0 Å². The highest BCUT2D eigenvalue weighted by Crippen LogP contribution is 2.34. The van der Waals surface area contributed by atoms with E-state index in [1.165, 1.54) is 21.3 Å². The number of hydrogen-bond donors (Lipinski definition) is 2. The Morgan fingerprint density at radius 1 is 0.964 bits per heavy atom. The van der Waals surface area contributed by atoms with Crippen LogP contribution in [0.3, 0.4) is 0 Å². The Morgan fingerprint density at radius 2 is 1.69 bits per heavy atom. The number of rotatable bonds is 14. The van der Waals surface area contributed by atoms with E-state index in [1.807, 2.05) is 6.07 Å². The first-order valence-electron chi connectivity index (χ1n) is 18.5. The molecular weight excluding hydrogens is 739 g/mol. The molecule has 7 rings (SSSR count). The lowest BCUT2D eigenvalue weighted by Gasteiger charge is -2.35. The van der Waals surface area contributed by atoms with E-state index in [9.17, 15) is 22.4 Å². The summed E-state index contributed by atoms with van der Waals surface area (Å²) in [6.07, 6.45) is 8.98. The fraction of sp³-hybridized carbons (Fsp3) is 0.571. The lowest BCUT2D eigenvalue weighted by atomic mass is 9.86. The van der Waals surface area contributed by atoms with Gasteiger partial charge in [0, 0.05) is 58.4 Å². The number of nitrogens with zero attached hydrogens (tertiary/aromatic N) is 10. The third-order valence-electron chi connectivity index (χ3n) is 10.5. The minimum absolute atomic E-state index is 0.0675. The molecule has 6 heterocycles. The Balaban J connectivity index is 1.01. The van der Waals surface area contributed by atoms with E-state index in [1.54, 1.807) is 35.9 Å². The van der Waals surface area contributed by atoms with Crippen LogP contribution in [0.25, 0.3) is 10.9 Å². The lowest BCUT2D eigenvalue weighted by Crippen LogP contribution is -2.47. The van der Waals surface area contributed by atoms with Gasteiger partial charge in [0.05, 0.1) is 91.9 Å². The summed E-state index contributed by atoms with van der Waals surface area (Å²) in [5, 5.41) is 15.3. The van der Waals surface area contributed by atoms with Gasteiger partial charge in [0.15, 0.2) is 5.95 Å². The summed E-state index contributed by atoms with van der Waals surface area (Å²) in [7, 11) is -2.14. The van der Waals surface area contributed by atoms with Crippen LogP contribution >= 0.6 is 0 Å². The second-order valence-electron chi connectivity index (χ2n) is 14.3. The molecule has 20 heteroatoms. The average molecular weight is 786 g/mol. The molecule has 1 saturated carbocycles. The highest BCUT2D eigenvalue weighted by Gasteiger charge is 2.26.